The molecule has 6 nitrogen and oxygen atoms in total. The van der Waals surface area contributed by atoms with E-state index < -0.39 is 0 Å². The fourth-order valence-corrected chi connectivity index (χ4v) is 3.25. The molecule has 0 bridgehead atoms. The van der Waals surface area contributed by atoms with Gasteiger partial charge < -0.3 is 10.4 Å². The number of carbonyl (C=O) groups excluding carboxylic acids is 1. The number of anilines is 1. The minimum Gasteiger partial charge on any atom is -0.393 e. The van der Waals surface area contributed by atoms with Crippen LogP contribution < -0.4 is 5.32 Å². The highest BCUT2D eigenvalue weighted by molar-refractivity contribution is 7.58. The summed E-state index contributed by atoms with van der Waals surface area (Å²) in [4.78, 5) is 14.2. The predicted molar refractivity (Wildman–Crippen MR) is 82.8 cm³/mol. The van der Waals surface area contributed by atoms with E-state index >= 15 is 0 Å². The number of likely N-dealkylation sites (tertiary alicyclic amines) is 1. The maximum Gasteiger partial charge on any atom is 0.238 e. The zero-order valence-corrected chi connectivity index (χ0v) is 12.6. The summed E-state index contributed by atoms with van der Waals surface area (Å²) in [5.74, 6) is 0.214. The van der Waals surface area contributed by atoms with Crippen molar-refractivity contribution in [3.8, 4) is 0 Å². The minimum atomic E-state index is -0.312. The molecule has 2 N–H and O–H groups in total. The smallest absolute Gasteiger partial charge is 0.238 e. The van der Waals surface area contributed by atoms with Crippen LogP contribution in [-0.4, -0.2) is 41.7 Å². The van der Waals surface area contributed by atoms with Gasteiger partial charge in [-0.3, -0.25) is 9.69 Å². The molecule has 0 aromatic heterocycles. The number of aliphatic hydroxyl groups excluding tert-OH is 1. The molecule has 21 heavy (non-hydrogen) atoms. The largest absolute Gasteiger partial charge is 0.393 e. The van der Waals surface area contributed by atoms with E-state index in [0.717, 1.165) is 42.2 Å². The average molecular weight is 306 g/mol. The number of benzene rings is 1. The van der Waals surface area contributed by atoms with Crippen LogP contribution in [0.25, 0.3) is 0 Å². The fraction of sp³-hybridized carbons (Fsp3) is 0.500. The van der Waals surface area contributed by atoms with Gasteiger partial charge in [0.2, 0.25) is 5.91 Å². The van der Waals surface area contributed by atoms with E-state index in [1.807, 2.05) is 25.1 Å². The molecule has 0 saturated carbocycles. The fourth-order valence-electron chi connectivity index (χ4n) is 2.70. The minimum absolute atomic E-state index is 0.0539. The Bertz CT molecular complexity index is 625. The molecule has 3 rings (SSSR count). The Hall–Kier alpha value is -1.57. The molecule has 1 fully saturated rings. The van der Waals surface area contributed by atoms with E-state index in [1.54, 1.807) is 0 Å². The topological polar surface area (TPSA) is 77.3 Å². The maximum atomic E-state index is 12.2. The van der Waals surface area contributed by atoms with Gasteiger partial charge in [-0.1, -0.05) is 6.07 Å². The molecular formula is C14H18N4O2S. The molecule has 2 aliphatic rings. The van der Waals surface area contributed by atoms with E-state index in [4.69, 9.17) is 0 Å². The molecule has 112 valence electrons. The molecule has 1 amide bonds. The lowest BCUT2D eigenvalue weighted by Gasteiger charge is -2.17. The molecule has 0 radical (unpaired) electrons. The van der Waals surface area contributed by atoms with Crippen LogP contribution in [0.1, 0.15) is 13.3 Å². The van der Waals surface area contributed by atoms with Crippen LogP contribution in [-0.2, 0) is 16.1 Å². The highest BCUT2D eigenvalue weighted by Crippen LogP contribution is 2.38. The van der Waals surface area contributed by atoms with Gasteiger partial charge in [0, 0.05) is 6.54 Å². The summed E-state index contributed by atoms with van der Waals surface area (Å²) >= 11 is 1.14. The average Bonchev–Trinajstić information content (AvgIpc) is 3.07. The van der Waals surface area contributed by atoms with Crippen LogP contribution in [0.2, 0.25) is 0 Å². The molecule has 2 atom stereocenters. The molecule has 1 aromatic carbocycles. The third-order valence-corrected chi connectivity index (χ3v) is 4.46. The van der Waals surface area contributed by atoms with E-state index in [0.29, 0.717) is 12.2 Å². The van der Waals surface area contributed by atoms with E-state index in [9.17, 15) is 9.90 Å². The Labute approximate surface area is 127 Å². The van der Waals surface area contributed by atoms with Gasteiger partial charge in [0.1, 0.15) is 11.4 Å². The summed E-state index contributed by atoms with van der Waals surface area (Å²) in [5, 5.41) is 12.5. The van der Waals surface area contributed by atoms with Crippen LogP contribution in [0.3, 0.4) is 0 Å². The van der Waals surface area contributed by atoms with E-state index in [1.165, 1.54) is 0 Å². The number of carbonyl (C=O) groups is 1. The molecule has 7 heteroatoms. The molecular weight excluding hydrogens is 288 g/mol. The third kappa shape index (κ3) is 3.20. The van der Waals surface area contributed by atoms with Crippen molar-refractivity contribution < 1.29 is 9.90 Å². The second-order valence-corrected chi connectivity index (χ2v) is 6.04. The van der Waals surface area contributed by atoms with Crippen molar-refractivity contribution in [2.45, 2.75) is 19.4 Å². The Morgan fingerprint density at radius 1 is 1.57 bits per heavy atom. The molecule has 0 aliphatic carbocycles. The number of hydrogen-bond donors (Lipinski definition) is 2. The summed E-state index contributed by atoms with van der Waals surface area (Å²) in [7, 11) is 0. The first-order chi connectivity index (χ1) is 10.1. The van der Waals surface area contributed by atoms with Crippen molar-refractivity contribution in [2.75, 3.05) is 25.0 Å². The first kappa shape index (κ1) is 14.4. The summed E-state index contributed by atoms with van der Waals surface area (Å²) in [6, 6.07) is 5.57. The SMILES string of the molecule is CC(O)C1CCN(CC(=O)Nc2cccc3c2N=S=N3)C1. The monoisotopic (exact) mass is 306 g/mol. The first-order valence-electron chi connectivity index (χ1n) is 7.05. The number of nitrogens with one attached hydrogen (secondary N) is 1. The molecule has 2 unspecified atom stereocenters. The van der Waals surface area contributed by atoms with Crippen molar-refractivity contribution in [1.29, 1.82) is 0 Å². The highest BCUT2D eigenvalue weighted by Gasteiger charge is 2.27. The van der Waals surface area contributed by atoms with Crippen LogP contribution in [0.5, 0.6) is 0 Å². The number of rotatable bonds is 4. The van der Waals surface area contributed by atoms with Gasteiger partial charge >= 0.3 is 0 Å². The lowest BCUT2D eigenvalue weighted by molar-refractivity contribution is -0.117. The predicted octanol–water partition coefficient (Wildman–Crippen LogP) is 2.05. The van der Waals surface area contributed by atoms with E-state index in [-0.39, 0.29) is 17.9 Å². The van der Waals surface area contributed by atoms with E-state index in [2.05, 4.69) is 18.9 Å². The summed E-state index contributed by atoms with van der Waals surface area (Å²) < 4.78 is 8.37. The summed E-state index contributed by atoms with van der Waals surface area (Å²) in [5.41, 5.74) is 2.24. The van der Waals surface area contributed by atoms with Crippen molar-refractivity contribution in [3.63, 3.8) is 0 Å². The Kier molecular flexibility index (Phi) is 4.14. The Morgan fingerprint density at radius 3 is 3.19 bits per heavy atom. The summed E-state index contributed by atoms with van der Waals surface area (Å²) in [6.45, 7) is 3.78. The number of hydrogen-bond acceptors (Lipinski definition) is 5. The van der Waals surface area contributed by atoms with Crippen molar-refractivity contribution >= 4 is 34.3 Å². The van der Waals surface area contributed by atoms with Gasteiger partial charge in [-0.15, -0.1) is 0 Å². The van der Waals surface area contributed by atoms with Gasteiger partial charge in [-0.25, -0.2) is 0 Å². The third-order valence-electron chi connectivity index (χ3n) is 3.92. The zero-order valence-electron chi connectivity index (χ0n) is 11.8. The van der Waals surface area contributed by atoms with Crippen LogP contribution in [0.15, 0.2) is 26.9 Å². The number of amides is 1. The van der Waals surface area contributed by atoms with Crippen molar-refractivity contribution in [2.24, 2.45) is 14.6 Å². The van der Waals surface area contributed by atoms with Crippen LogP contribution >= 0.6 is 0 Å². The lowest BCUT2D eigenvalue weighted by Crippen LogP contribution is -2.32. The van der Waals surface area contributed by atoms with Crippen molar-refractivity contribution in [1.82, 2.24) is 4.90 Å². The first-order valence-corrected chi connectivity index (χ1v) is 7.78. The quantitative estimate of drug-likeness (QED) is 0.907. The normalized spacial score (nSPS) is 21.9. The number of aliphatic hydroxyl groups is 1. The second kappa shape index (κ2) is 6.05. The molecule has 0 spiro atoms. The van der Waals surface area contributed by atoms with Gasteiger partial charge in [-0.05, 0) is 37.9 Å². The standard InChI is InChI=1S/C14H18N4O2S/c1-9(19)10-5-6-18(7-10)8-13(20)15-11-3-2-4-12-14(11)17-21-16-12/h2-4,9-10,19H,5-8H2,1H3,(H,15,20). The number of fused-ring (bicyclic) bond motifs is 1. The van der Waals surface area contributed by atoms with Crippen LogP contribution in [0.4, 0.5) is 17.1 Å². The van der Waals surface area contributed by atoms with Gasteiger partial charge in [0.25, 0.3) is 0 Å². The van der Waals surface area contributed by atoms with Gasteiger partial charge in [0.15, 0.2) is 0 Å². The highest BCUT2D eigenvalue weighted by atomic mass is 32.1. The molecule has 1 saturated heterocycles. The van der Waals surface area contributed by atoms with Crippen molar-refractivity contribution in [3.05, 3.63) is 18.2 Å². The Morgan fingerprint density at radius 2 is 2.43 bits per heavy atom. The van der Waals surface area contributed by atoms with Crippen LogP contribution in [0, 0.1) is 5.92 Å². The molecule has 1 aromatic rings. The number of nitrogens with zero attached hydrogens (tertiary/aromatic N) is 3. The van der Waals surface area contributed by atoms with Gasteiger partial charge in [0.05, 0.1) is 29.7 Å². The zero-order chi connectivity index (χ0) is 14.8. The molecule has 2 aliphatic heterocycles. The Balaban J connectivity index is 1.59. The maximum absolute atomic E-state index is 12.2. The second-order valence-electron chi connectivity index (χ2n) is 5.51. The summed E-state index contributed by atoms with van der Waals surface area (Å²) in [6.07, 6.45) is 0.629. The van der Waals surface area contributed by atoms with Gasteiger partial charge in [-0.2, -0.15) is 8.73 Å². The molecule has 2 heterocycles. The lowest BCUT2D eigenvalue weighted by atomic mass is 10.0.